The standard InChI is InChI=1S/C21H20ClN3O3S/c1-14-23-18(13-29-14)19-11-15(12-28-19)20(26)24-7-4-8-25(10-9-24)21(27)16-5-2-3-6-17(16)22/h2-3,5-6,11-13H,4,7-10H2,1H3. The number of halogens is 1. The van der Waals surface area contributed by atoms with Crippen LogP contribution in [0.3, 0.4) is 0 Å². The Morgan fingerprint density at radius 1 is 1.10 bits per heavy atom. The van der Waals surface area contributed by atoms with Crippen LogP contribution in [0.2, 0.25) is 5.02 Å². The molecule has 150 valence electrons. The first-order valence-corrected chi connectivity index (χ1v) is 10.6. The number of amides is 2. The first kappa shape index (κ1) is 19.7. The van der Waals surface area contributed by atoms with E-state index in [1.165, 1.54) is 17.6 Å². The van der Waals surface area contributed by atoms with Crippen LogP contribution in [0, 0.1) is 6.92 Å². The number of furan rings is 1. The van der Waals surface area contributed by atoms with Gasteiger partial charge < -0.3 is 14.2 Å². The summed E-state index contributed by atoms with van der Waals surface area (Å²) in [5.41, 5.74) is 1.72. The van der Waals surface area contributed by atoms with Crippen molar-refractivity contribution < 1.29 is 14.0 Å². The van der Waals surface area contributed by atoms with E-state index in [1.807, 2.05) is 12.3 Å². The van der Waals surface area contributed by atoms with Gasteiger partial charge in [0.15, 0.2) is 5.76 Å². The molecule has 2 aromatic heterocycles. The fraction of sp³-hybridized carbons (Fsp3) is 0.286. The average molecular weight is 430 g/mol. The summed E-state index contributed by atoms with van der Waals surface area (Å²) < 4.78 is 5.56. The third kappa shape index (κ3) is 4.21. The summed E-state index contributed by atoms with van der Waals surface area (Å²) in [7, 11) is 0. The van der Waals surface area contributed by atoms with E-state index in [1.54, 1.807) is 40.1 Å². The minimum Gasteiger partial charge on any atom is -0.462 e. The molecule has 1 aliphatic heterocycles. The zero-order valence-corrected chi connectivity index (χ0v) is 17.5. The number of carbonyl (C=O) groups excluding carboxylic acids is 2. The summed E-state index contributed by atoms with van der Waals surface area (Å²) in [5, 5.41) is 3.30. The Bertz CT molecular complexity index is 1050. The molecule has 1 aromatic carbocycles. The van der Waals surface area contributed by atoms with Crippen molar-refractivity contribution in [2.24, 2.45) is 0 Å². The maximum absolute atomic E-state index is 12.9. The number of carbonyl (C=O) groups is 2. The van der Waals surface area contributed by atoms with E-state index in [0.717, 1.165) is 10.7 Å². The molecule has 6 nitrogen and oxygen atoms in total. The molecule has 3 aromatic rings. The first-order valence-electron chi connectivity index (χ1n) is 9.37. The number of aryl methyl sites for hydroxylation is 1. The van der Waals surface area contributed by atoms with Crippen molar-refractivity contribution in [1.29, 1.82) is 0 Å². The zero-order valence-electron chi connectivity index (χ0n) is 15.9. The van der Waals surface area contributed by atoms with Crippen molar-refractivity contribution in [3.05, 3.63) is 63.1 Å². The molecule has 0 aliphatic carbocycles. The lowest BCUT2D eigenvalue weighted by Gasteiger charge is -2.22. The number of hydrogen-bond acceptors (Lipinski definition) is 5. The second-order valence-electron chi connectivity index (χ2n) is 6.87. The minimum atomic E-state index is -0.102. The van der Waals surface area contributed by atoms with Gasteiger partial charge in [-0.15, -0.1) is 11.3 Å². The Hall–Kier alpha value is -2.64. The van der Waals surface area contributed by atoms with Gasteiger partial charge in [0.2, 0.25) is 0 Å². The van der Waals surface area contributed by atoms with Crippen LogP contribution in [-0.4, -0.2) is 52.8 Å². The number of aromatic nitrogens is 1. The molecule has 1 saturated heterocycles. The van der Waals surface area contributed by atoms with Crippen molar-refractivity contribution in [3.63, 3.8) is 0 Å². The highest BCUT2D eigenvalue weighted by atomic mass is 35.5. The third-order valence-electron chi connectivity index (χ3n) is 4.89. The minimum absolute atomic E-state index is 0.0982. The van der Waals surface area contributed by atoms with E-state index in [9.17, 15) is 9.59 Å². The molecule has 29 heavy (non-hydrogen) atoms. The van der Waals surface area contributed by atoms with E-state index in [-0.39, 0.29) is 11.8 Å². The summed E-state index contributed by atoms with van der Waals surface area (Å²) in [6, 6.07) is 8.77. The average Bonchev–Trinajstić information content (AvgIpc) is 3.30. The maximum atomic E-state index is 12.9. The van der Waals surface area contributed by atoms with E-state index < -0.39 is 0 Å². The number of rotatable bonds is 3. The zero-order chi connectivity index (χ0) is 20.4. The molecule has 1 fully saturated rings. The van der Waals surface area contributed by atoms with Crippen LogP contribution < -0.4 is 0 Å². The predicted molar refractivity (Wildman–Crippen MR) is 112 cm³/mol. The summed E-state index contributed by atoms with van der Waals surface area (Å²) in [6.07, 6.45) is 2.18. The second kappa shape index (κ2) is 8.39. The second-order valence-corrected chi connectivity index (χ2v) is 8.34. The molecule has 1 aliphatic rings. The molecule has 0 N–H and O–H groups in total. The Kier molecular flexibility index (Phi) is 5.69. The number of benzene rings is 1. The van der Waals surface area contributed by atoms with Crippen LogP contribution in [0.5, 0.6) is 0 Å². The van der Waals surface area contributed by atoms with Gasteiger partial charge >= 0.3 is 0 Å². The molecule has 0 radical (unpaired) electrons. The molecular formula is C21H20ClN3O3S. The van der Waals surface area contributed by atoms with Gasteiger partial charge in [0.1, 0.15) is 12.0 Å². The lowest BCUT2D eigenvalue weighted by molar-refractivity contribution is 0.0718. The fourth-order valence-corrected chi connectivity index (χ4v) is 4.19. The Balaban J connectivity index is 1.43. The quantitative estimate of drug-likeness (QED) is 0.620. The Morgan fingerprint density at radius 3 is 2.52 bits per heavy atom. The molecule has 3 heterocycles. The molecule has 0 atom stereocenters. The van der Waals surface area contributed by atoms with Crippen LogP contribution in [0.15, 0.2) is 46.4 Å². The normalized spacial score (nSPS) is 14.7. The molecule has 0 saturated carbocycles. The van der Waals surface area contributed by atoms with Crippen LogP contribution in [-0.2, 0) is 0 Å². The molecule has 0 spiro atoms. The molecular weight excluding hydrogens is 410 g/mol. The molecule has 4 rings (SSSR count). The molecule has 2 amide bonds. The van der Waals surface area contributed by atoms with Crippen LogP contribution >= 0.6 is 22.9 Å². The van der Waals surface area contributed by atoms with Crippen LogP contribution in [0.4, 0.5) is 0 Å². The van der Waals surface area contributed by atoms with Gasteiger partial charge in [-0.3, -0.25) is 9.59 Å². The molecule has 0 bridgehead atoms. The van der Waals surface area contributed by atoms with Crippen LogP contribution in [0.1, 0.15) is 32.1 Å². The Labute approximate surface area is 177 Å². The van der Waals surface area contributed by atoms with Gasteiger partial charge in [-0.2, -0.15) is 0 Å². The predicted octanol–water partition coefficient (Wildman–Crippen LogP) is 4.35. The molecule has 0 unspecified atom stereocenters. The highest BCUT2D eigenvalue weighted by Crippen LogP contribution is 2.25. The van der Waals surface area contributed by atoms with E-state index >= 15 is 0 Å². The topological polar surface area (TPSA) is 66.7 Å². The van der Waals surface area contributed by atoms with Gasteiger partial charge in [-0.25, -0.2) is 4.98 Å². The van der Waals surface area contributed by atoms with Gasteiger partial charge in [0, 0.05) is 31.6 Å². The fourth-order valence-electron chi connectivity index (χ4n) is 3.37. The van der Waals surface area contributed by atoms with E-state index in [0.29, 0.717) is 54.5 Å². The number of nitrogens with zero attached hydrogens (tertiary/aromatic N) is 3. The van der Waals surface area contributed by atoms with Gasteiger partial charge in [-0.1, -0.05) is 23.7 Å². The lowest BCUT2D eigenvalue weighted by atomic mass is 10.2. The van der Waals surface area contributed by atoms with Gasteiger partial charge in [0.25, 0.3) is 11.8 Å². The van der Waals surface area contributed by atoms with Crippen molar-refractivity contribution in [3.8, 4) is 11.5 Å². The number of hydrogen-bond donors (Lipinski definition) is 0. The summed E-state index contributed by atoms with van der Waals surface area (Å²) in [4.78, 5) is 33.6. The largest absolute Gasteiger partial charge is 0.462 e. The van der Waals surface area contributed by atoms with Crippen LogP contribution in [0.25, 0.3) is 11.5 Å². The monoisotopic (exact) mass is 429 g/mol. The Morgan fingerprint density at radius 2 is 1.83 bits per heavy atom. The number of thiazole rings is 1. The SMILES string of the molecule is Cc1nc(-c2cc(C(=O)N3CCCN(C(=O)c4ccccc4Cl)CC3)co2)cs1. The van der Waals surface area contributed by atoms with Crippen molar-refractivity contribution in [2.45, 2.75) is 13.3 Å². The van der Waals surface area contributed by atoms with E-state index in [4.69, 9.17) is 16.0 Å². The smallest absolute Gasteiger partial charge is 0.257 e. The third-order valence-corrected chi connectivity index (χ3v) is 6.00. The summed E-state index contributed by atoms with van der Waals surface area (Å²) >= 11 is 7.70. The highest BCUT2D eigenvalue weighted by Gasteiger charge is 2.25. The van der Waals surface area contributed by atoms with Gasteiger partial charge in [-0.05, 0) is 31.5 Å². The lowest BCUT2D eigenvalue weighted by Crippen LogP contribution is -2.37. The van der Waals surface area contributed by atoms with Crippen molar-refractivity contribution in [1.82, 2.24) is 14.8 Å². The molecule has 8 heteroatoms. The highest BCUT2D eigenvalue weighted by molar-refractivity contribution is 7.09. The maximum Gasteiger partial charge on any atom is 0.257 e. The first-order chi connectivity index (χ1) is 14.0. The van der Waals surface area contributed by atoms with Crippen molar-refractivity contribution in [2.75, 3.05) is 26.2 Å². The van der Waals surface area contributed by atoms with Gasteiger partial charge in [0.05, 0.1) is 21.2 Å². The summed E-state index contributed by atoms with van der Waals surface area (Å²) in [5.74, 6) is 0.386. The van der Waals surface area contributed by atoms with Crippen molar-refractivity contribution >= 4 is 34.8 Å². The van der Waals surface area contributed by atoms with E-state index in [2.05, 4.69) is 4.98 Å². The summed E-state index contributed by atoms with van der Waals surface area (Å²) in [6.45, 7) is 4.03.